The number of rotatable bonds is 3. The maximum atomic E-state index is 12.1. The number of carbonyl (C=O) groups is 4. The maximum Gasteiger partial charge on any atom is 0.327 e. The van der Waals surface area contributed by atoms with Gasteiger partial charge in [-0.2, -0.15) is 0 Å². The number of carbonyl (C=O) groups excluding carboxylic acids is 3. The molecule has 0 aromatic carbocycles. The second kappa shape index (κ2) is 5.48. The zero-order chi connectivity index (χ0) is 14.9. The summed E-state index contributed by atoms with van der Waals surface area (Å²) in [5.41, 5.74) is 0. The van der Waals surface area contributed by atoms with Crippen LogP contribution in [0, 0.1) is 5.92 Å². The molecule has 2 aliphatic heterocycles. The van der Waals surface area contributed by atoms with Crippen molar-refractivity contribution in [3.8, 4) is 0 Å². The first-order valence-corrected chi connectivity index (χ1v) is 6.46. The molecule has 0 aromatic heterocycles. The van der Waals surface area contributed by atoms with E-state index in [2.05, 4.69) is 0 Å². The highest BCUT2D eigenvalue weighted by molar-refractivity contribution is 6.04. The summed E-state index contributed by atoms with van der Waals surface area (Å²) < 4.78 is 0. The third kappa shape index (κ3) is 2.73. The molecule has 110 valence electrons. The lowest BCUT2D eigenvalue weighted by Crippen LogP contribution is -2.47. The zero-order valence-electron chi connectivity index (χ0n) is 11.2. The fourth-order valence-corrected chi connectivity index (χ4v) is 2.46. The fraction of sp³-hybridized carbons (Fsp3) is 0.667. The molecule has 0 bridgehead atoms. The molecule has 8 nitrogen and oxygen atoms in total. The van der Waals surface area contributed by atoms with Crippen LogP contribution in [0.15, 0.2) is 0 Å². The second-order valence-corrected chi connectivity index (χ2v) is 5.14. The number of amides is 4. The summed E-state index contributed by atoms with van der Waals surface area (Å²) in [6.07, 6.45) is 1.16. The van der Waals surface area contributed by atoms with E-state index in [0.29, 0.717) is 19.4 Å². The molecule has 2 heterocycles. The van der Waals surface area contributed by atoms with E-state index < -0.39 is 23.8 Å². The van der Waals surface area contributed by atoms with Gasteiger partial charge in [0, 0.05) is 20.1 Å². The molecule has 0 aliphatic carbocycles. The van der Waals surface area contributed by atoms with Crippen molar-refractivity contribution < 1.29 is 24.3 Å². The van der Waals surface area contributed by atoms with Crippen LogP contribution in [0.25, 0.3) is 0 Å². The molecule has 20 heavy (non-hydrogen) atoms. The summed E-state index contributed by atoms with van der Waals surface area (Å²) in [5, 5.41) is 8.98. The van der Waals surface area contributed by atoms with Gasteiger partial charge in [-0.25, -0.2) is 4.79 Å². The van der Waals surface area contributed by atoms with E-state index in [0.717, 1.165) is 4.90 Å². The van der Waals surface area contributed by atoms with Crippen molar-refractivity contribution in [2.24, 2.45) is 5.92 Å². The normalized spacial score (nSPS) is 23.4. The van der Waals surface area contributed by atoms with Crippen LogP contribution in [-0.2, 0) is 14.4 Å². The van der Waals surface area contributed by atoms with Crippen molar-refractivity contribution in [1.82, 2.24) is 14.7 Å². The minimum absolute atomic E-state index is 0.0239. The van der Waals surface area contributed by atoms with Crippen molar-refractivity contribution in [3.05, 3.63) is 0 Å². The van der Waals surface area contributed by atoms with E-state index >= 15 is 0 Å². The summed E-state index contributed by atoms with van der Waals surface area (Å²) >= 11 is 0. The second-order valence-electron chi connectivity index (χ2n) is 5.14. The minimum Gasteiger partial charge on any atom is -0.481 e. The van der Waals surface area contributed by atoms with Crippen LogP contribution in [0.4, 0.5) is 4.79 Å². The van der Waals surface area contributed by atoms with Gasteiger partial charge >= 0.3 is 12.0 Å². The summed E-state index contributed by atoms with van der Waals surface area (Å²) in [6, 6.07) is -0.491. The van der Waals surface area contributed by atoms with Crippen LogP contribution < -0.4 is 0 Å². The van der Waals surface area contributed by atoms with Crippen LogP contribution in [0.2, 0.25) is 0 Å². The van der Waals surface area contributed by atoms with Gasteiger partial charge in [-0.3, -0.25) is 19.3 Å². The van der Waals surface area contributed by atoms with Gasteiger partial charge in [-0.05, 0) is 12.8 Å². The highest BCUT2D eigenvalue weighted by atomic mass is 16.4. The number of aliphatic carboxylic acids is 1. The van der Waals surface area contributed by atoms with E-state index in [1.165, 1.54) is 16.8 Å². The molecular formula is C12H17N3O5. The van der Waals surface area contributed by atoms with Crippen LogP contribution in [0.3, 0.4) is 0 Å². The number of nitrogens with zero attached hydrogens (tertiary/aromatic N) is 3. The number of carboxylic acids is 1. The average Bonchev–Trinajstić information content (AvgIpc) is 2.65. The number of hydrogen-bond acceptors (Lipinski definition) is 4. The van der Waals surface area contributed by atoms with Gasteiger partial charge in [-0.1, -0.05) is 0 Å². The van der Waals surface area contributed by atoms with Gasteiger partial charge in [0.15, 0.2) is 0 Å². The maximum absolute atomic E-state index is 12.1. The lowest BCUT2D eigenvalue weighted by atomic mass is 9.98. The summed E-state index contributed by atoms with van der Waals surface area (Å²) in [6.45, 7) is 0.271. The van der Waals surface area contributed by atoms with Gasteiger partial charge in [-0.15, -0.1) is 0 Å². The van der Waals surface area contributed by atoms with Gasteiger partial charge in [0.1, 0.15) is 13.1 Å². The summed E-state index contributed by atoms with van der Waals surface area (Å²) in [7, 11) is 1.49. The third-order valence-electron chi connectivity index (χ3n) is 3.65. The number of likely N-dealkylation sites (N-methyl/N-ethyl adjacent to an activating group) is 1. The van der Waals surface area contributed by atoms with Crippen LogP contribution in [-0.4, -0.2) is 76.8 Å². The molecule has 1 atom stereocenters. The summed E-state index contributed by atoms with van der Waals surface area (Å²) in [5.74, 6) is -2.28. The first-order chi connectivity index (χ1) is 9.40. The average molecular weight is 283 g/mol. The predicted octanol–water partition coefficient (Wildman–Crippen LogP) is -0.796. The Hall–Kier alpha value is -2.12. The standard InChI is InChI=1S/C12H17N3O5/c1-13-6-10(17)15(12(13)20)7-9(16)14-4-2-3-8(5-14)11(18)19/h8H,2-7H2,1H3,(H,18,19). The molecule has 0 aromatic rings. The Morgan fingerprint density at radius 1 is 1.35 bits per heavy atom. The van der Waals surface area contributed by atoms with E-state index in [-0.39, 0.29) is 25.5 Å². The molecular weight excluding hydrogens is 266 g/mol. The van der Waals surface area contributed by atoms with Gasteiger partial charge in [0.05, 0.1) is 5.92 Å². The van der Waals surface area contributed by atoms with E-state index in [1.54, 1.807) is 0 Å². The molecule has 1 N–H and O–H groups in total. The zero-order valence-corrected chi connectivity index (χ0v) is 11.2. The smallest absolute Gasteiger partial charge is 0.327 e. The highest BCUT2D eigenvalue weighted by Crippen LogP contribution is 2.17. The topological polar surface area (TPSA) is 98.2 Å². The monoisotopic (exact) mass is 283 g/mol. The molecule has 0 spiro atoms. The summed E-state index contributed by atoms with van der Waals surface area (Å²) in [4.78, 5) is 49.9. The Morgan fingerprint density at radius 2 is 2.05 bits per heavy atom. The highest BCUT2D eigenvalue weighted by Gasteiger charge is 2.37. The molecule has 2 saturated heterocycles. The molecule has 4 amide bonds. The third-order valence-corrected chi connectivity index (χ3v) is 3.65. The number of likely N-dealkylation sites (tertiary alicyclic amines) is 1. The molecule has 8 heteroatoms. The van der Waals surface area contributed by atoms with E-state index in [9.17, 15) is 19.2 Å². The van der Waals surface area contributed by atoms with Crippen molar-refractivity contribution in [3.63, 3.8) is 0 Å². The van der Waals surface area contributed by atoms with Crippen molar-refractivity contribution in [2.75, 3.05) is 33.2 Å². The molecule has 0 radical (unpaired) electrons. The number of urea groups is 1. The number of imide groups is 1. The Kier molecular flexibility index (Phi) is 3.91. The number of hydrogen-bond donors (Lipinski definition) is 1. The molecule has 2 fully saturated rings. The van der Waals surface area contributed by atoms with Crippen LogP contribution in [0.1, 0.15) is 12.8 Å². The SMILES string of the molecule is CN1CC(=O)N(CC(=O)N2CCCC(C(=O)O)C2)C1=O. The molecule has 0 saturated carbocycles. The Morgan fingerprint density at radius 3 is 2.60 bits per heavy atom. The van der Waals surface area contributed by atoms with Gasteiger partial charge < -0.3 is 14.9 Å². The molecule has 2 rings (SSSR count). The van der Waals surface area contributed by atoms with Crippen LogP contribution in [0.5, 0.6) is 0 Å². The van der Waals surface area contributed by atoms with Gasteiger partial charge in [0.25, 0.3) is 5.91 Å². The molecule has 1 unspecified atom stereocenters. The fourth-order valence-electron chi connectivity index (χ4n) is 2.46. The lowest BCUT2D eigenvalue weighted by Gasteiger charge is -2.31. The van der Waals surface area contributed by atoms with E-state index in [4.69, 9.17) is 5.11 Å². The van der Waals surface area contributed by atoms with Gasteiger partial charge in [0.2, 0.25) is 5.91 Å². The Balaban J connectivity index is 1.96. The number of piperidine rings is 1. The first kappa shape index (κ1) is 14.3. The molecule has 2 aliphatic rings. The minimum atomic E-state index is -0.921. The largest absolute Gasteiger partial charge is 0.481 e. The Bertz CT molecular complexity index is 464. The Labute approximate surface area is 115 Å². The van der Waals surface area contributed by atoms with Crippen LogP contribution >= 0.6 is 0 Å². The lowest BCUT2D eigenvalue weighted by molar-refractivity contribution is -0.146. The first-order valence-electron chi connectivity index (χ1n) is 6.46. The van der Waals surface area contributed by atoms with Crippen molar-refractivity contribution in [2.45, 2.75) is 12.8 Å². The van der Waals surface area contributed by atoms with Crippen molar-refractivity contribution in [1.29, 1.82) is 0 Å². The predicted molar refractivity (Wildman–Crippen MR) is 66.7 cm³/mol. The van der Waals surface area contributed by atoms with E-state index in [1.807, 2.05) is 0 Å². The van der Waals surface area contributed by atoms with Crippen molar-refractivity contribution >= 4 is 23.8 Å². The quantitative estimate of drug-likeness (QED) is 0.684. The number of carboxylic acid groups (broad SMARTS) is 1.